The number of non-ortho nitro benzene ring substituents is 1. The van der Waals surface area contributed by atoms with Crippen LogP contribution in [0, 0.1) is 29.4 Å². The van der Waals surface area contributed by atoms with Crippen LogP contribution >= 0.6 is 0 Å². The van der Waals surface area contributed by atoms with Crippen molar-refractivity contribution in [3.63, 3.8) is 0 Å². The number of aryl methyl sites for hydroxylation is 1. The number of hydrogen-bond acceptors (Lipinski definition) is 3. The van der Waals surface area contributed by atoms with Gasteiger partial charge in [0.05, 0.1) is 17.6 Å². The van der Waals surface area contributed by atoms with Crippen molar-refractivity contribution in [2.75, 3.05) is 6.61 Å². The molecule has 1 aromatic carbocycles. The number of rotatable bonds is 5. The summed E-state index contributed by atoms with van der Waals surface area (Å²) < 4.78 is 5.43. The molecule has 0 aromatic heterocycles. The second-order valence-electron chi connectivity index (χ2n) is 3.36. The van der Waals surface area contributed by atoms with Crippen molar-refractivity contribution in [1.82, 2.24) is 0 Å². The van der Waals surface area contributed by atoms with Crippen LogP contribution in [0.3, 0.4) is 0 Å². The molecular weight excluding hydrogens is 206 g/mol. The fourth-order valence-corrected chi connectivity index (χ4v) is 1.21. The lowest BCUT2D eigenvalue weighted by Crippen LogP contribution is -1.99. The van der Waals surface area contributed by atoms with Gasteiger partial charge < -0.3 is 4.74 Å². The van der Waals surface area contributed by atoms with Gasteiger partial charge in [-0.1, -0.05) is 0 Å². The average molecular weight is 219 g/mol. The van der Waals surface area contributed by atoms with Crippen LogP contribution in [0.5, 0.6) is 5.75 Å². The summed E-state index contributed by atoms with van der Waals surface area (Å²) in [5, 5.41) is 10.6. The molecule has 1 aromatic rings. The van der Waals surface area contributed by atoms with Gasteiger partial charge in [0.15, 0.2) is 0 Å². The largest absolute Gasteiger partial charge is 0.493 e. The lowest BCUT2D eigenvalue weighted by atomic mass is 10.2. The second-order valence-corrected chi connectivity index (χ2v) is 3.36. The van der Waals surface area contributed by atoms with E-state index < -0.39 is 4.92 Å². The van der Waals surface area contributed by atoms with Crippen molar-refractivity contribution in [3.8, 4) is 18.1 Å². The maximum atomic E-state index is 10.6. The van der Waals surface area contributed by atoms with Gasteiger partial charge in [0.25, 0.3) is 5.69 Å². The molecule has 0 radical (unpaired) electrons. The minimum Gasteiger partial charge on any atom is -0.493 e. The molecule has 0 fully saturated rings. The molecule has 0 amide bonds. The van der Waals surface area contributed by atoms with Crippen LogP contribution in [-0.2, 0) is 0 Å². The van der Waals surface area contributed by atoms with Crippen molar-refractivity contribution in [2.45, 2.75) is 19.8 Å². The van der Waals surface area contributed by atoms with E-state index in [1.807, 2.05) is 6.92 Å². The van der Waals surface area contributed by atoms with Crippen LogP contribution in [-0.4, -0.2) is 11.5 Å². The predicted octanol–water partition coefficient (Wildman–Crippen LogP) is 2.70. The molecule has 16 heavy (non-hydrogen) atoms. The van der Waals surface area contributed by atoms with Crippen LogP contribution in [0.1, 0.15) is 18.4 Å². The Morgan fingerprint density at radius 1 is 1.56 bits per heavy atom. The molecule has 4 heteroatoms. The van der Waals surface area contributed by atoms with E-state index in [4.69, 9.17) is 11.2 Å². The highest BCUT2D eigenvalue weighted by Crippen LogP contribution is 2.24. The zero-order chi connectivity index (χ0) is 12.0. The molecule has 0 aliphatic carbocycles. The lowest BCUT2D eigenvalue weighted by molar-refractivity contribution is -0.384. The number of ether oxygens (including phenoxy) is 1. The third-order valence-electron chi connectivity index (χ3n) is 2.11. The summed E-state index contributed by atoms with van der Waals surface area (Å²) >= 11 is 0. The lowest BCUT2D eigenvalue weighted by Gasteiger charge is -2.07. The maximum absolute atomic E-state index is 10.6. The topological polar surface area (TPSA) is 52.4 Å². The fraction of sp³-hybridized carbons (Fsp3) is 0.333. The van der Waals surface area contributed by atoms with Gasteiger partial charge in [-0.15, -0.1) is 12.3 Å². The Bertz CT molecular complexity index is 421. The number of terminal acetylenes is 1. The highest BCUT2D eigenvalue weighted by molar-refractivity contribution is 5.43. The van der Waals surface area contributed by atoms with Gasteiger partial charge in [-0.3, -0.25) is 10.1 Å². The van der Waals surface area contributed by atoms with Gasteiger partial charge in [-0.2, -0.15) is 0 Å². The van der Waals surface area contributed by atoms with Crippen molar-refractivity contribution < 1.29 is 9.66 Å². The fourth-order valence-electron chi connectivity index (χ4n) is 1.21. The molecule has 0 heterocycles. The Labute approximate surface area is 94.4 Å². The zero-order valence-corrected chi connectivity index (χ0v) is 9.10. The van der Waals surface area contributed by atoms with E-state index in [-0.39, 0.29) is 5.69 Å². The predicted molar refractivity (Wildman–Crippen MR) is 61.4 cm³/mol. The molecule has 1 rings (SSSR count). The standard InChI is InChI=1S/C12H13NO3/c1-3-4-5-8-16-12-9-11(13(14)15)7-6-10(12)2/h1,6-7,9H,4-5,8H2,2H3. The van der Waals surface area contributed by atoms with Crippen LogP contribution in [0.15, 0.2) is 18.2 Å². The summed E-state index contributed by atoms with van der Waals surface area (Å²) in [5.74, 6) is 3.06. The zero-order valence-electron chi connectivity index (χ0n) is 9.10. The van der Waals surface area contributed by atoms with Gasteiger partial charge in [0.2, 0.25) is 0 Å². The van der Waals surface area contributed by atoms with Crippen molar-refractivity contribution in [1.29, 1.82) is 0 Å². The molecule has 0 saturated carbocycles. The molecular formula is C12H13NO3. The average Bonchev–Trinajstić information content (AvgIpc) is 2.26. The number of nitro groups is 1. The van der Waals surface area contributed by atoms with E-state index in [1.54, 1.807) is 6.07 Å². The van der Waals surface area contributed by atoms with Gasteiger partial charge >= 0.3 is 0 Å². The van der Waals surface area contributed by atoms with Gasteiger partial charge in [-0.05, 0) is 25.0 Å². The first-order valence-corrected chi connectivity index (χ1v) is 4.96. The molecule has 0 spiro atoms. The summed E-state index contributed by atoms with van der Waals surface area (Å²) in [6.07, 6.45) is 6.50. The molecule has 0 bridgehead atoms. The highest BCUT2D eigenvalue weighted by Gasteiger charge is 2.09. The Morgan fingerprint density at radius 2 is 2.31 bits per heavy atom. The van der Waals surface area contributed by atoms with Crippen molar-refractivity contribution >= 4 is 5.69 Å². The SMILES string of the molecule is C#CCCCOc1cc([N+](=O)[O-])ccc1C. The molecule has 0 N–H and O–H groups in total. The minimum absolute atomic E-state index is 0.0394. The van der Waals surface area contributed by atoms with E-state index in [0.29, 0.717) is 18.8 Å². The summed E-state index contributed by atoms with van der Waals surface area (Å²) in [6, 6.07) is 4.57. The van der Waals surface area contributed by atoms with Gasteiger partial charge in [0, 0.05) is 12.5 Å². The van der Waals surface area contributed by atoms with E-state index in [2.05, 4.69) is 5.92 Å². The van der Waals surface area contributed by atoms with Gasteiger partial charge in [-0.25, -0.2) is 0 Å². The number of nitrogens with zero attached hydrogens (tertiary/aromatic N) is 1. The van der Waals surface area contributed by atoms with Crippen LogP contribution in [0.25, 0.3) is 0 Å². The Morgan fingerprint density at radius 3 is 2.94 bits per heavy atom. The normalized spacial score (nSPS) is 9.50. The first-order chi connectivity index (χ1) is 7.65. The number of hydrogen-bond donors (Lipinski definition) is 0. The minimum atomic E-state index is -0.437. The summed E-state index contributed by atoms with van der Waals surface area (Å²) in [5.41, 5.74) is 0.920. The van der Waals surface area contributed by atoms with E-state index >= 15 is 0 Å². The van der Waals surface area contributed by atoms with Crippen LogP contribution in [0.2, 0.25) is 0 Å². The molecule has 4 nitrogen and oxygen atoms in total. The molecule has 0 aliphatic rings. The number of unbranched alkanes of at least 4 members (excludes halogenated alkanes) is 1. The summed E-state index contributed by atoms with van der Waals surface area (Å²) in [7, 11) is 0. The third-order valence-corrected chi connectivity index (χ3v) is 2.11. The summed E-state index contributed by atoms with van der Waals surface area (Å²) in [4.78, 5) is 10.1. The van der Waals surface area contributed by atoms with Gasteiger partial charge in [0.1, 0.15) is 5.75 Å². The van der Waals surface area contributed by atoms with E-state index in [0.717, 1.165) is 12.0 Å². The van der Waals surface area contributed by atoms with Crippen molar-refractivity contribution in [2.24, 2.45) is 0 Å². The highest BCUT2D eigenvalue weighted by atomic mass is 16.6. The Balaban J connectivity index is 2.67. The van der Waals surface area contributed by atoms with Crippen LogP contribution in [0.4, 0.5) is 5.69 Å². The second kappa shape index (κ2) is 5.76. The third kappa shape index (κ3) is 3.28. The quantitative estimate of drug-likeness (QED) is 0.331. The molecule has 0 unspecified atom stereocenters. The Kier molecular flexibility index (Phi) is 4.34. The molecule has 0 atom stereocenters. The summed E-state index contributed by atoms with van der Waals surface area (Å²) in [6.45, 7) is 2.33. The van der Waals surface area contributed by atoms with Crippen molar-refractivity contribution in [3.05, 3.63) is 33.9 Å². The van der Waals surface area contributed by atoms with Crippen LogP contribution < -0.4 is 4.74 Å². The number of benzene rings is 1. The molecule has 0 aliphatic heterocycles. The first-order valence-electron chi connectivity index (χ1n) is 4.96. The van der Waals surface area contributed by atoms with E-state index in [9.17, 15) is 10.1 Å². The maximum Gasteiger partial charge on any atom is 0.273 e. The first kappa shape index (κ1) is 12.1. The molecule has 0 saturated heterocycles. The molecule has 84 valence electrons. The number of nitro benzene ring substituents is 1. The monoisotopic (exact) mass is 219 g/mol. The Hall–Kier alpha value is -2.02. The smallest absolute Gasteiger partial charge is 0.273 e. The van der Waals surface area contributed by atoms with E-state index in [1.165, 1.54) is 12.1 Å².